The summed E-state index contributed by atoms with van der Waals surface area (Å²) in [5.41, 5.74) is 0.704. The van der Waals surface area contributed by atoms with Gasteiger partial charge in [0.25, 0.3) is 5.91 Å². The number of amides is 4. The van der Waals surface area contributed by atoms with Gasteiger partial charge in [-0.15, -0.1) is 0 Å². The Morgan fingerprint density at radius 1 is 1.14 bits per heavy atom. The van der Waals surface area contributed by atoms with Crippen LogP contribution in [0.15, 0.2) is 30.3 Å². The first kappa shape index (κ1) is 25.2. The van der Waals surface area contributed by atoms with Crippen molar-refractivity contribution in [2.24, 2.45) is 23.2 Å². The first-order valence-corrected chi connectivity index (χ1v) is 13.1. The fourth-order valence-electron chi connectivity index (χ4n) is 5.86. The molecule has 37 heavy (non-hydrogen) atoms. The molecule has 10 heteroatoms. The van der Waals surface area contributed by atoms with Gasteiger partial charge >= 0.3 is 6.09 Å². The number of hydrogen-bond donors (Lipinski definition) is 3. The van der Waals surface area contributed by atoms with E-state index in [2.05, 4.69) is 29.8 Å². The molecule has 5 atom stereocenters. The minimum absolute atomic E-state index is 0.0136. The van der Waals surface area contributed by atoms with Crippen LogP contribution in [0.1, 0.15) is 45.1 Å². The first-order chi connectivity index (χ1) is 17.7. The summed E-state index contributed by atoms with van der Waals surface area (Å²) in [6.07, 6.45) is 1.62. The van der Waals surface area contributed by atoms with Gasteiger partial charge in [-0.2, -0.15) is 0 Å². The minimum Gasteiger partial charge on any atom is -0.445 e. The van der Waals surface area contributed by atoms with E-state index in [1.807, 2.05) is 30.3 Å². The topological polar surface area (TPSA) is 134 Å². The fourth-order valence-corrected chi connectivity index (χ4v) is 5.86. The Morgan fingerprint density at radius 3 is 2.51 bits per heavy atom. The lowest BCUT2D eigenvalue weighted by atomic mass is 9.94. The van der Waals surface area contributed by atoms with E-state index in [4.69, 9.17) is 4.74 Å². The number of likely N-dealkylation sites (tertiary alicyclic amines) is 1. The molecule has 1 unspecified atom stereocenters. The van der Waals surface area contributed by atoms with Crippen LogP contribution in [0.3, 0.4) is 0 Å². The van der Waals surface area contributed by atoms with Crippen LogP contribution in [0.4, 0.5) is 4.79 Å². The van der Waals surface area contributed by atoms with Gasteiger partial charge in [-0.3, -0.25) is 24.1 Å². The molecule has 0 spiro atoms. The number of fused-ring (bicyclic) bond motifs is 1. The van der Waals surface area contributed by atoms with Crippen molar-refractivity contribution in [1.82, 2.24) is 20.9 Å². The normalized spacial score (nSPS) is 28.1. The molecule has 2 saturated heterocycles. The van der Waals surface area contributed by atoms with Gasteiger partial charge in [-0.05, 0) is 48.5 Å². The Hall–Kier alpha value is -3.43. The standard InChI is InChI=1S/C27H34N4O6/c1-27(2)18-13-31(26(36)37-14-15-6-4-3-5-7-15)21(20(18)27)24(34)30-19(12-16-10-11-28-23(16)33)22(32)25(35)29-17-8-9-17/h3-7,16-21H,8-14H2,1-2H3,(H,28,33)(H,29,35)(H,30,34)/t16-,18-,19-,20-,21?/m0/s1. The third-order valence-corrected chi connectivity index (χ3v) is 8.37. The number of benzene rings is 1. The summed E-state index contributed by atoms with van der Waals surface area (Å²) in [7, 11) is 0. The number of hydrogen-bond acceptors (Lipinski definition) is 6. The highest BCUT2D eigenvalue weighted by Crippen LogP contribution is 2.64. The Labute approximate surface area is 215 Å². The lowest BCUT2D eigenvalue weighted by molar-refractivity contribution is -0.141. The molecule has 0 radical (unpaired) electrons. The molecule has 2 heterocycles. The predicted octanol–water partition coefficient (Wildman–Crippen LogP) is 1.14. The number of rotatable bonds is 9. The molecule has 0 bridgehead atoms. The molecule has 1 aromatic carbocycles. The van der Waals surface area contributed by atoms with E-state index in [0.29, 0.717) is 19.5 Å². The van der Waals surface area contributed by atoms with Crippen molar-refractivity contribution in [1.29, 1.82) is 0 Å². The smallest absolute Gasteiger partial charge is 0.410 e. The van der Waals surface area contributed by atoms with Gasteiger partial charge in [-0.25, -0.2) is 4.79 Å². The summed E-state index contributed by atoms with van der Waals surface area (Å²) in [5, 5.41) is 8.17. The number of Topliss-reactive ketones (excluding diaryl/α,β-unsaturated/α-hetero) is 1. The van der Waals surface area contributed by atoms with Crippen LogP contribution in [0.5, 0.6) is 0 Å². The number of piperidine rings is 1. The van der Waals surface area contributed by atoms with Crippen LogP contribution < -0.4 is 16.0 Å². The van der Waals surface area contributed by atoms with Crippen molar-refractivity contribution < 1.29 is 28.7 Å². The second kappa shape index (κ2) is 9.79. The minimum atomic E-state index is -1.15. The summed E-state index contributed by atoms with van der Waals surface area (Å²) in [4.78, 5) is 66.0. The Kier molecular flexibility index (Phi) is 6.68. The van der Waals surface area contributed by atoms with E-state index in [-0.39, 0.29) is 42.2 Å². The highest BCUT2D eigenvalue weighted by Gasteiger charge is 2.69. The van der Waals surface area contributed by atoms with E-state index in [9.17, 15) is 24.0 Å². The number of nitrogens with one attached hydrogen (secondary N) is 3. The number of ether oxygens (including phenoxy) is 1. The maximum atomic E-state index is 13.6. The monoisotopic (exact) mass is 510 g/mol. The van der Waals surface area contributed by atoms with E-state index < -0.39 is 41.7 Å². The highest BCUT2D eigenvalue weighted by atomic mass is 16.6. The lowest BCUT2D eigenvalue weighted by Gasteiger charge is -2.30. The Balaban J connectivity index is 1.30. The van der Waals surface area contributed by atoms with Gasteiger partial charge in [0, 0.05) is 25.0 Å². The summed E-state index contributed by atoms with van der Waals surface area (Å²) < 4.78 is 5.52. The van der Waals surface area contributed by atoms with Crippen molar-refractivity contribution in [3.8, 4) is 0 Å². The van der Waals surface area contributed by atoms with Crippen LogP contribution in [0.25, 0.3) is 0 Å². The van der Waals surface area contributed by atoms with E-state index in [1.54, 1.807) is 0 Å². The first-order valence-electron chi connectivity index (χ1n) is 13.1. The third-order valence-electron chi connectivity index (χ3n) is 8.37. The van der Waals surface area contributed by atoms with Crippen LogP contribution in [0, 0.1) is 23.2 Å². The molecule has 4 amide bonds. The van der Waals surface area contributed by atoms with Crippen LogP contribution >= 0.6 is 0 Å². The van der Waals surface area contributed by atoms with Crippen molar-refractivity contribution in [3.63, 3.8) is 0 Å². The number of nitrogens with zero attached hydrogens (tertiary/aromatic N) is 1. The summed E-state index contributed by atoms with van der Waals surface area (Å²) in [6, 6.07) is 7.31. The van der Waals surface area contributed by atoms with E-state index in [0.717, 1.165) is 18.4 Å². The average Bonchev–Trinajstić information content (AvgIpc) is 3.64. The predicted molar refractivity (Wildman–Crippen MR) is 132 cm³/mol. The Bertz CT molecular complexity index is 1100. The fraction of sp³-hybridized carbons (Fsp3) is 0.593. The number of ketones is 1. The molecular formula is C27H34N4O6. The average molecular weight is 511 g/mol. The molecule has 4 aliphatic rings. The maximum absolute atomic E-state index is 13.6. The second-order valence-electron chi connectivity index (χ2n) is 11.3. The zero-order valence-corrected chi connectivity index (χ0v) is 21.2. The van der Waals surface area contributed by atoms with Crippen LogP contribution in [-0.4, -0.2) is 65.7 Å². The zero-order valence-electron chi connectivity index (χ0n) is 21.2. The summed E-state index contributed by atoms with van der Waals surface area (Å²) in [5.74, 6) is -2.61. The molecule has 10 nitrogen and oxygen atoms in total. The molecule has 198 valence electrons. The highest BCUT2D eigenvalue weighted by molar-refractivity contribution is 6.38. The molecule has 5 rings (SSSR count). The molecule has 3 N–H and O–H groups in total. The van der Waals surface area contributed by atoms with Crippen molar-refractivity contribution in [2.75, 3.05) is 13.1 Å². The number of carbonyl (C=O) groups is 5. The van der Waals surface area contributed by atoms with Crippen molar-refractivity contribution in [2.45, 2.75) is 64.3 Å². The largest absolute Gasteiger partial charge is 0.445 e. The molecule has 4 fully saturated rings. The molecule has 2 saturated carbocycles. The quantitative estimate of drug-likeness (QED) is 0.427. The lowest BCUT2D eigenvalue weighted by Crippen LogP contribution is -2.56. The van der Waals surface area contributed by atoms with Crippen LogP contribution in [0.2, 0.25) is 0 Å². The number of carbonyl (C=O) groups excluding carboxylic acids is 5. The SMILES string of the molecule is CC1(C)[C@@H]2C(C(=O)N[C@@H](C[C@@H]3CCNC3=O)C(=O)C(=O)NC3CC3)N(C(=O)OCc3ccccc3)C[C@@H]21. The maximum Gasteiger partial charge on any atom is 0.410 e. The second-order valence-corrected chi connectivity index (χ2v) is 11.3. The molecular weight excluding hydrogens is 476 g/mol. The molecule has 2 aliphatic carbocycles. The Morgan fingerprint density at radius 2 is 1.86 bits per heavy atom. The van der Waals surface area contributed by atoms with Gasteiger partial charge in [-0.1, -0.05) is 44.2 Å². The van der Waals surface area contributed by atoms with Gasteiger partial charge in [0.2, 0.25) is 17.6 Å². The van der Waals surface area contributed by atoms with Gasteiger partial charge < -0.3 is 20.7 Å². The third kappa shape index (κ3) is 5.19. The van der Waals surface area contributed by atoms with Gasteiger partial charge in [0.05, 0.1) is 6.04 Å². The molecule has 2 aliphatic heterocycles. The summed E-state index contributed by atoms with van der Waals surface area (Å²) >= 11 is 0. The van der Waals surface area contributed by atoms with Gasteiger partial charge in [0.15, 0.2) is 0 Å². The molecule has 1 aromatic rings. The molecule has 0 aromatic heterocycles. The van der Waals surface area contributed by atoms with Gasteiger partial charge in [0.1, 0.15) is 12.6 Å². The van der Waals surface area contributed by atoms with E-state index >= 15 is 0 Å². The van der Waals surface area contributed by atoms with Crippen LogP contribution in [-0.2, 0) is 30.5 Å². The zero-order chi connectivity index (χ0) is 26.3. The van der Waals surface area contributed by atoms with Crippen molar-refractivity contribution in [3.05, 3.63) is 35.9 Å². The van der Waals surface area contributed by atoms with E-state index in [1.165, 1.54) is 4.90 Å². The summed E-state index contributed by atoms with van der Waals surface area (Å²) in [6.45, 7) is 5.08. The van der Waals surface area contributed by atoms with Crippen molar-refractivity contribution >= 4 is 29.6 Å².